The van der Waals surface area contributed by atoms with Gasteiger partial charge in [-0.1, -0.05) is 33.6 Å². The highest BCUT2D eigenvalue weighted by Gasteiger charge is 2.22. The average Bonchev–Trinajstić information content (AvgIpc) is 2.34. The van der Waals surface area contributed by atoms with Gasteiger partial charge in [-0.15, -0.1) is 0 Å². The normalized spacial score (nSPS) is 12.0. The summed E-state index contributed by atoms with van der Waals surface area (Å²) in [6.07, 6.45) is 6.37. The van der Waals surface area contributed by atoms with E-state index in [1.54, 1.807) is 0 Å². The molecule has 0 rings (SSSR count). The Bertz CT molecular complexity index is 153. The number of unbranched alkanes of at least 4 members (excludes halogenated alkanes) is 2. The number of quaternary nitrogens is 1. The zero-order valence-corrected chi connectivity index (χ0v) is 12.6. The van der Waals surface area contributed by atoms with Crippen molar-refractivity contribution in [3.63, 3.8) is 0 Å². The molecule has 0 fully saturated rings. The van der Waals surface area contributed by atoms with Gasteiger partial charge >= 0.3 is 0 Å². The summed E-state index contributed by atoms with van der Waals surface area (Å²) < 4.78 is 7.02. The van der Waals surface area contributed by atoms with Gasteiger partial charge in [0.15, 0.2) is 0 Å². The molecule has 0 aromatic carbocycles. The standard InChI is InChI=1S/C15H34NO/c1-5-9-10-14-17-15-13-16(8-4,11-6-2)12-7-3/h5-15H2,1-4H3/q+1. The molecular formula is C15H34NO+. The highest BCUT2D eigenvalue weighted by atomic mass is 16.5. The Morgan fingerprint density at radius 2 is 1.35 bits per heavy atom. The maximum Gasteiger partial charge on any atom is 0.102 e. The Kier molecular flexibility index (Phi) is 11.0. The molecule has 0 N–H and O–H groups in total. The third-order valence-corrected chi connectivity index (χ3v) is 3.67. The van der Waals surface area contributed by atoms with Crippen LogP contribution in [-0.2, 0) is 4.74 Å². The summed E-state index contributed by atoms with van der Waals surface area (Å²) in [5.41, 5.74) is 0. The zero-order chi connectivity index (χ0) is 13.0. The maximum absolute atomic E-state index is 5.77. The van der Waals surface area contributed by atoms with Crippen molar-refractivity contribution in [3.05, 3.63) is 0 Å². The molecule has 2 nitrogen and oxygen atoms in total. The summed E-state index contributed by atoms with van der Waals surface area (Å²) in [5.74, 6) is 0. The molecule has 0 bridgehead atoms. The minimum absolute atomic E-state index is 0.942. The Morgan fingerprint density at radius 1 is 0.706 bits per heavy atom. The highest BCUT2D eigenvalue weighted by molar-refractivity contribution is 4.44. The zero-order valence-electron chi connectivity index (χ0n) is 12.6. The molecule has 17 heavy (non-hydrogen) atoms. The Labute approximate surface area is 109 Å². The Balaban J connectivity index is 3.82. The van der Waals surface area contributed by atoms with Crippen LogP contribution in [0, 0.1) is 0 Å². The SMILES string of the molecule is CCCCCOCC[N+](CC)(CCC)CCC. The molecule has 0 aliphatic heterocycles. The molecule has 0 spiro atoms. The van der Waals surface area contributed by atoms with E-state index in [0.29, 0.717) is 0 Å². The van der Waals surface area contributed by atoms with E-state index in [1.807, 2.05) is 0 Å². The van der Waals surface area contributed by atoms with Gasteiger partial charge in [0.05, 0.1) is 26.2 Å². The predicted octanol–water partition coefficient (Wildman–Crippen LogP) is 3.85. The highest BCUT2D eigenvalue weighted by Crippen LogP contribution is 2.09. The van der Waals surface area contributed by atoms with E-state index < -0.39 is 0 Å². The quantitative estimate of drug-likeness (QED) is 0.374. The molecule has 0 saturated carbocycles. The van der Waals surface area contributed by atoms with Crippen LogP contribution in [0.4, 0.5) is 0 Å². The number of hydrogen-bond acceptors (Lipinski definition) is 1. The molecule has 0 radical (unpaired) electrons. The van der Waals surface area contributed by atoms with Crippen molar-refractivity contribution in [2.75, 3.05) is 39.4 Å². The third kappa shape index (κ3) is 7.77. The van der Waals surface area contributed by atoms with Crippen LogP contribution in [0.15, 0.2) is 0 Å². The van der Waals surface area contributed by atoms with Crippen molar-refractivity contribution in [2.45, 2.75) is 59.8 Å². The van der Waals surface area contributed by atoms with E-state index in [-0.39, 0.29) is 0 Å². The fraction of sp³-hybridized carbons (Fsp3) is 1.00. The van der Waals surface area contributed by atoms with E-state index in [9.17, 15) is 0 Å². The van der Waals surface area contributed by atoms with Crippen LogP contribution in [0.2, 0.25) is 0 Å². The summed E-state index contributed by atoms with van der Waals surface area (Å²) in [4.78, 5) is 0. The maximum atomic E-state index is 5.77. The minimum atomic E-state index is 0.942. The van der Waals surface area contributed by atoms with E-state index in [2.05, 4.69) is 27.7 Å². The van der Waals surface area contributed by atoms with E-state index >= 15 is 0 Å². The molecule has 2 heteroatoms. The first-order valence-corrected chi connectivity index (χ1v) is 7.67. The van der Waals surface area contributed by atoms with Crippen LogP contribution in [0.3, 0.4) is 0 Å². The molecular weight excluding hydrogens is 210 g/mol. The van der Waals surface area contributed by atoms with Gasteiger partial charge in [0, 0.05) is 6.61 Å². The van der Waals surface area contributed by atoms with Crippen LogP contribution < -0.4 is 0 Å². The summed E-state index contributed by atoms with van der Waals surface area (Å²) in [7, 11) is 0. The molecule has 104 valence electrons. The molecule has 0 unspecified atom stereocenters. The number of hydrogen-bond donors (Lipinski definition) is 0. The molecule has 0 atom stereocenters. The fourth-order valence-corrected chi connectivity index (χ4v) is 2.57. The van der Waals surface area contributed by atoms with Crippen molar-refractivity contribution in [1.82, 2.24) is 0 Å². The number of rotatable bonds is 12. The number of nitrogens with zero attached hydrogens (tertiary/aromatic N) is 1. The molecule has 0 amide bonds. The summed E-state index contributed by atoms with van der Waals surface area (Å²) >= 11 is 0. The van der Waals surface area contributed by atoms with Crippen LogP contribution in [0.5, 0.6) is 0 Å². The van der Waals surface area contributed by atoms with Gasteiger partial charge in [-0.25, -0.2) is 0 Å². The second kappa shape index (κ2) is 11.0. The lowest BCUT2D eigenvalue weighted by atomic mass is 10.2. The molecule has 0 aliphatic rings. The number of ether oxygens (including phenoxy) is 1. The lowest BCUT2D eigenvalue weighted by molar-refractivity contribution is -0.927. The van der Waals surface area contributed by atoms with E-state index in [0.717, 1.165) is 13.2 Å². The molecule has 0 aliphatic carbocycles. The first-order chi connectivity index (χ1) is 8.24. The molecule has 0 saturated heterocycles. The second-order valence-electron chi connectivity index (χ2n) is 5.15. The Hall–Kier alpha value is -0.0800. The van der Waals surface area contributed by atoms with E-state index in [4.69, 9.17) is 4.74 Å². The van der Waals surface area contributed by atoms with Crippen LogP contribution >= 0.6 is 0 Å². The van der Waals surface area contributed by atoms with Crippen molar-refractivity contribution in [3.8, 4) is 0 Å². The summed E-state index contributed by atoms with van der Waals surface area (Å²) in [6.45, 7) is 16.1. The monoisotopic (exact) mass is 244 g/mol. The van der Waals surface area contributed by atoms with E-state index in [1.165, 1.54) is 62.8 Å². The topological polar surface area (TPSA) is 9.23 Å². The lowest BCUT2D eigenvalue weighted by Gasteiger charge is -2.37. The minimum Gasteiger partial charge on any atom is -0.376 e. The average molecular weight is 244 g/mol. The summed E-state index contributed by atoms with van der Waals surface area (Å²) in [6, 6.07) is 0. The second-order valence-corrected chi connectivity index (χ2v) is 5.15. The lowest BCUT2D eigenvalue weighted by Crippen LogP contribution is -2.51. The number of likely N-dealkylation sites (N-methyl/N-ethyl adjacent to an activating group) is 1. The van der Waals surface area contributed by atoms with Crippen LogP contribution in [0.25, 0.3) is 0 Å². The van der Waals surface area contributed by atoms with Gasteiger partial charge < -0.3 is 9.22 Å². The fourth-order valence-electron chi connectivity index (χ4n) is 2.57. The smallest absolute Gasteiger partial charge is 0.102 e. The largest absolute Gasteiger partial charge is 0.376 e. The predicted molar refractivity (Wildman–Crippen MR) is 76.3 cm³/mol. The van der Waals surface area contributed by atoms with Gasteiger partial charge in [-0.05, 0) is 26.2 Å². The van der Waals surface area contributed by atoms with Crippen molar-refractivity contribution < 1.29 is 9.22 Å². The van der Waals surface area contributed by atoms with Gasteiger partial charge in [-0.3, -0.25) is 0 Å². The van der Waals surface area contributed by atoms with Gasteiger partial charge in [0.1, 0.15) is 6.54 Å². The first-order valence-electron chi connectivity index (χ1n) is 7.67. The van der Waals surface area contributed by atoms with Crippen LogP contribution in [-0.4, -0.2) is 43.9 Å². The van der Waals surface area contributed by atoms with Gasteiger partial charge in [0.25, 0.3) is 0 Å². The van der Waals surface area contributed by atoms with Crippen molar-refractivity contribution >= 4 is 0 Å². The van der Waals surface area contributed by atoms with Gasteiger partial charge in [0.2, 0.25) is 0 Å². The molecule has 0 heterocycles. The van der Waals surface area contributed by atoms with Crippen LogP contribution in [0.1, 0.15) is 59.8 Å². The Morgan fingerprint density at radius 3 is 1.82 bits per heavy atom. The molecule has 0 aromatic rings. The molecule has 0 aromatic heterocycles. The van der Waals surface area contributed by atoms with Crippen molar-refractivity contribution in [2.24, 2.45) is 0 Å². The van der Waals surface area contributed by atoms with Crippen molar-refractivity contribution in [1.29, 1.82) is 0 Å². The van der Waals surface area contributed by atoms with Gasteiger partial charge in [-0.2, -0.15) is 0 Å². The summed E-state index contributed by atoms with van der Waals surface area (Å²) in [5, 5.41) is 0. The third-order valence-electron chi connectivity index (χ3n) is 3.67. The first kappa shape index (κ1) is 16.9.